The molecule has 0 atom stereocenters. The van der Waals surface area contributed by atoms with E-state index in [0.29, 0.717) is 0 Å². The molecule has 28 heavy (non-hydrogen) atoms. The lowest BCUT2D eigenvalue weighted by Gasteiger charge is -2.43. The van der Waals surface area contributed by atoms with Gasteiger partial charge in [-0.05, 0) is 72.0 Å². The third-order valence-electron chi connectivity index (χ3n) is 6.02. The van der Waals surface area contributed by atoms with Crippen molar-refractivity contribution >= 4 is 5.96 Å². The second kappa shape index (κ2) is 10.3. The maximum absolute atomic E-state index is 5.66. The van der Waals surface area contributed by atoms with Crippen LogP contribution in [0, 0.1) is 13.8 Å². The molecule has 0 unspecified atom stereocenters. The van der Waals surface area contributed by atoms with E-state index in [0.717, 1.165) is 70.3 Å². The summed E-state index contributed by atoms with van der Waals surface area (Å²) in [5.41, 5.74) is 2.50. The van der Waals surface area contributed by atoms with Crippen molar-refractivity contribution in [1.82, 2.24) is 25.3 Å². The van der Waals surface area contributed by atoms with Crippen LogP contribution in [0.4, 0.5) is 0 Å². The molecular formula is C21H38N6O. The summed E-state index contributed by atoms with van der Waals surface area (Å²) in [4.78, 5) is 7.67. The molecule has 2 saturated heterocycles. The average Bonchev–Trinajstić information content (AvgIpc) is 3.34. The molecule has 2 aliphatic heterocycles. The maximum atomic E-state index is 5.66. The minimum Gasteiger partial charge on any atom is -0.381 e. The number of hydrogen-bond acceptors (Lipinski definition) is 4. The summed E-state index contributed by atoms with van der Waals surface area (Å²) in [5, 5.41) is 11.5. The van der Waals surface area contributed by atoms with E-state index < -0.39 is 0 Å². The number of likely N-dealkylation sites (tertiary alicyclic amines) is 1. The first kappa shape index (κ1) is 21.1. The Bertz CT molecular complexity index is 629. The molecular weight excluding hydrogens is 352 g/mol. The van der Waals surface area contributed by atoms with Crippen molar-refractivity contribution in [3.8, 4) is 0 Å². The molecule has 2 fully saturated rings. The Balaban J connectivity index is 1.54. The van der Waals surface area contributed by atoms with E-state index in [4.69, 9.17) is 9.73 Å². The third kappa shape index (κ3) is 5.47. The molecule has 3 heterocycles. The number of rotatable bonds is 8. The quantitative estimate of drug-likeness (QED) is 0.404. The molecule has 3 rings (SSSR count). The van der Waals surface area contributed by atoms with Gasteiger partial charge in [0.1, 0.15) is 0 Å². The minimum absolute atomic E-state index is 0.181. The Morgan fingerprint density at radius 2 is 1.96 bits per heavy atom. The van der Waals surface area contributed by atoms with Crippen LogP contribution in [0.15, 0.2) is 11.1 Å². The molecule has 1 aromatic heterocycles. The fourth-order valence-electron chi connectivity index (χ4n) is 4.42. The summed E-state index contributed by atoms with van der Waals surface area (Å²) >= 11 is 0. The number of nitrogens with zero attached hydrogens (tertiary/aromatic N) is 4. The molecule has 0 radical (unpaired) electrons. The van der Waals surface area contributed by atoms with Crippen LogP contribution in [0.1, 0.15) is 50.4 Å². The lowest BCUT2D eigenvalue weighted by molar-refractivity contribution is -0.0139. The molecule has 1 aromatic rings. The van der Waals surface area contributed by atoms with Gasteiger partial charge < -0.3 is 15.4 Å². The summed E-state index contributed by atoms with van der Waals surface area (Å²) in [6, 6.07) is 2.13. The Labute approximate surface area is 169 Å². The minimum atomic E-state index is 0.181. The molecule has 0 spiro atoms. The maximum Gasteiger partial charge on any atom is 0.191 e. The van der Waals surface area contributed by atoms with Crippen LogP contribution in [0.25, 0.3) is 0 Å². The van der Waals surface area contributed by atoms with Crippen LogP contribution >= 0.6 is 0 Å². The first-order chi connectivity index (χ1) is 13.6. The van der Waals surface area contributed by atoms with Gasteiger partial charge in [0.05, 0.1) is 12.2 Å². The fourth-order valence-corrected chi connectivity index (χ4v) is 4.42. The zero-order valence-corrected chi connectivity index (χ0v) is 18.0. The predicted octanol–water partition coefficient (Wildman–Crippen LogP) is 2.09. The number of aliphatic imine (C=N–C) groups is 1. The third-order valence-corrected chi connectivity index (χ3v) is 6.02. The van der Waals surface area contributed by atoms with E-state index in [2.05, 4.69) is 45.2 Å². The molecule has 2 aliphatic rings. The van der Waals surface area contributed by atoms with Gasteiger partial charge in [-0.2, -0.15) is 5.10 Å². The Morgan fingerprint density at radius 1 is 1.21 bits per heavy atom. The summed E-state index contributed by atoms with van der Waals surface area (Å²) in [6.07, 6.45) is 5.84. The van der Waals surface area contributed by atoms with Crippen molar-refractivity contribution in [2.75, 3.05) is 45.9 Å². The van der Waals surface area contributed by atoms with Crippen molar-refractivity contribution in [1.29, 1.82) is 0 Å². The molecule has 0 saturated carbocycles. The number of ether oxygens (including phenoxy) is 1. The van der Waals surface area contributed by atoms with E-state index in [9.17, 15) is 0 Å². The SMILES string of the molecule is CCNC(=NCC1(N2CCCC2)CCOCC1)NCCCn1nc(C)cc1C. The van der Waals surface area contributed by atoms with E-state index >= 15 is 0 Å². The summed E-state index contributed by atoms with van der Waals surface area (Å²) in [7, 11) is 0. The number of nitrogens with one attached hydrogen (secondary N) is 2. The molecule has 7 nitrogen and oxygen atoms in total. The first-order valence-electron chi connectivity index (χ1n) is 11.0. The van der Waals surface area contributed by atoms with Crippen LogP contribution in [0.5, 0.6) is 0 Å². The van der Waals surface area contributed by atoms with Crippen molar-refractivity contribution < 1.29 is 4.74 Å². The zero-order chi connectivity index (χ0) is 19.8. The van der Waals surface area contributed by atoms with E-state index in [1.54, 1.807) is 0 Å². The highest BCUT2D eigenvalue weighted by molar-refractivity contribution is 5.79. The van der Waals surface area contributed by atoms with Crippen molar-refractivity contribution in [3.63, 3.8) is 0 Å². The van der Waals surface area contributed by atoms with E-state index in [1.165, 1.54) is 31.6 Å². The second-order valence-corrected chi connectivity index (χ2v) is 8.16. The molecule has 7 heteroatoms. The van der Waals surface area contributed by atoms with Gasteiger partial charge in [0.2, 0.25) is 0 Å². The Hall–Kier alpha value is -1.60. The number of aromatic nitrogens is 2. The topological polar surface area (TPSA) is 66.7 Å². The highest BCUT2D eigenvalue weighted by atomic mass is 16.5. The smallest absolute Gasteiger partial charge is 0.191 e. The average molecular weight is 391 g/mol. The second-order valence-electron chi connectivity index (χ2n) is 8.16. The van der Waals surface area contributed by atoms with E-state index in [-0.39, 0.29) is 5.54 Å². The Kier molecular flexibility index (Phi) is 7.73. The Morgan fingerprint density at radius 3 is 2.61 bits per heavy atom. The zero-order valence-electron chi connectivity index (χ0n) is 18.0. The normalized spacial score (nSPS) is 20.5. The number of aryl methyl sites for hydroxylation is 3. The molecule has 0 amide bonds. The monoisotopic (exact) mass is 390 g/mol. The molecule has 2 N–H and O–H groups in total. The highest BCUT2D eigenvalue weighted by Gasteiger charge is 2.39. The van der Waals surface area contributed by atoms with Gasteiger partial charge in [0, 0.05) is 44.1 Å². The van der Waals surface area contributed by atoms with Gasteiger partial charge in [0.15, 0.2) is 5.96 Å². The van der Waals surface area contributed by atoms with Gasteiger partial charge in [0.25, 0.3) is 0 Å². The van der Waals surface area contributed by atoms with Crippen molar-refractivity contribution in [2.45, 2.75) is 65.0 Å². The van der Waals surface area contributed by atoms with Crippen molar-refractivity contribution in [3.05, 3.63) is 17.5 Å². The lowest BCUT2D eigenvalue weighted by atomic mass is 9.88. The van der Waals surface area contributed by atoms with Crippen LogP contribution in [-0.2, 0) is 11.3 Å². The van der Waals surface area contributed by atoms with Crippen molar-refractivity contribution in [2.24, 2.45) is 4.99 Å². The van der Waals surface area contributed by atoms with Gasteiger partial charge in [-0.15, -0.1) is 0 Å². The first-order valence-corrected chi connectivity index (χ1v) is 11.0. The summed E-state index contributed by atoms with van der Waals surface area (Å²) in [5.74, 6) is 0.931. The van der Waals surface area contributed by atoms with Gasteiger partial charge >= 0.3 is 0 Å². The van der Waals surface area contributed by atoms with Crippen LogP contribution < -0.4 is 10.6 Å². The van der Waals surface area contributed by atoms with Crippen LogP contribution in [0.2, 0.25) is 0 Å². The van der Waals surface area contributed by atoms with Crippen LogP contribution in [0.3, 0.4) is 0 Å². The standard InChI is InChI=1S/C21H38N6O/c1-4-22-20(23-10-7-13-27-19(3)16-18(2)25-27)24-17-21(8-14-28-15-9-21)26-11-5-6-12-26/h16H,4-15,17H2,1-3H3,(H2,22,23,24). The highest BCUT2D eigenvalue weighted by Crippen LogP contribution is 2.31. The number of guanidine groups is 1. The summed E-state index contributed by atoms with van der Waals surface area (Å²) < 4.78 is 7.75. The fraction of sp³-hybridized carbons (Fsp3) is 0.810. The molecule has 0 aliphatic carbocycles. The molecule has 0 aromatic carbocycles. The number of hydrogen-bond donors (Lipinski definition) is 2. The van der Waals surface area contributed by atoms with Gasteiger partial charge in [-0.1, -0.05) is 0 Å². The largest absolute Gasteiger partial charge is 0.381 e. The molecule has 158 valence electrons. The lowest BCUT2D eigenvalue weighted by Crippen LogP contribution is -2.54. The van der Waals surface area contributed by atoms with Crippen LogP contribution in [-0.4, -0.2) is 72.1 Å². The van der Waals surface area contributed by atoms with E-state index in [1.807, 2.05) is 6.92 Å². The summed E-state index contributed by atoms with van der Waals surface area (Å²) in [6.45, 7) is 14.0. The van der Waals surface area contributed by atoms with Gasteiger partial charge in [-0.3, -0.25) is 14.6 Å². The molecule has 0 bridgehead atoms. The predicted molar refractivity (Wildman–Crippen MR) is 114 cm³/mol. The van der Waals surface area contributed by atoms with Gasteiger partial charge in [-0.25, -0.2) is 0 Å².